The molecule has 10 heteroatoms. The second-order valence-corrected chi connectivity index (χ2v) is 10.1. The number of carbonyl (C=O) groups excluding carboxylic acids is 1. The first-order chi connectivity index (χ1) is 18.4. The van der Waals surface area contributed by atoms with Crippen molar-refractivity contribution in [2.45, 2.75) is 19.8 Å². The maximum absolute atomic E-state index is 12.7. The van der Waals surface area contributed by atoms with Crippen molar-refractivity contribution in [3.63, 3.8) is 0 Å². The lowest BCUT2D eigenvalue weighted by atomic mass is 10.0. The molecular formula is C28H24ClN5O3S. The SMILES string of the molecule is CC(C)c1ccccc1OCCOc1ccc(C=C2C(=N)N3N=C(c4cccnc4)SC3=NC2=O)cc1Cl. The van der Waals surface area contributed by atoms with Gasteiger partial charge in [-0.15, -0.1) is 0 Å². The molecule has 2 aliphatic heterocycles. The zero-order valence-corrected chi connectivity index (χ0v) is 22.3. The molecule has 3 heterocycles. The molecule has 0 unspecified atom stereocenters. The molecule has 0 radical (unpaired) electrons. The third-order valence-electron chi connectivity index (χ3n) is 5.77. The summed E-state index contributed by atoms with van der Waals surface area (Å²) in [6.45, 7) is 4.93. The highest BCUT2D eigenvalue weighted by molar-refractivity contribution is 8.27. The van der Waals surface area contributed by atoms with Gasteiger partial charge in [0.1, 0.15) is 29.8 Å². The van der Waals surface area contributed by atoms with Gasteiger partial charge in [0.2, 0.25) is 5.17 Å². The number of hydrogen-bond donors (Lipinski definition) is 1. The van der Waals surface area contributed by atoms with E-state index < -0.39 is 5.91 Å². The molecule has 5 rings (SSSR count). The second kappa shape index (κ2) is 11.2. The number of thioether (sulfide) groups is 1. The van der Waals surface area contributed by atoms with Gasteiger partial charge in [-0.3, -0.25) is 15.2 Å². The van der Waals surface area contributed by atoms with Crippen molar-refractivity contribution in [1.29, 1.82) is 5.41 Å². The minimum Gasteiger partial charge on any atom is -0.490 e. The van der Waals surface area contributed by atoms with Crippen LogP contribution in [0.5, 0.6) is 11.5 Å². The van der Waals surface area contributed by atoms with Gasteiger partial charge in [0, 0.05) is 18.0 Å². The van der Waals surface area contributed by atoms with Crippen molar-refractivity contribution in [2.75, 3.05) is 13.2 Å². The number of rotatable bonds is 8. The van der Waals surface area contributed by atoms with E-state index in [0.717, 1.165) is 16.9 Å². The number of carbonyl (C=O) groups is 1. The minimum absolute atomic E-state index is 0.0540. The highest BCUT2D eigenvalue weighted by Crippen LogP contribution is 2.32. The summed E-state index contributed by atoms with van der Waals surface area (Å²) in [5, 5.41) is 15.7. The molecule has 0 spiro atoms. The number of hydrogen-bond acceptors (Lipinski definition) is 7. The molecule has 0 atom stereocenters. The van der Waals surface area contributed by atoms with Gasteiger partial charge in [-0.2, -0.15) is 15.1 Å². The molecule has 0 bridgehead atoms. The van der Waals surface area contributed by atoms with E-state index in [9.17, 15) is 4.79 Å². The summed E-state index contributed by atoms with van der Waals surface area (Å²) in [6.07, 6.45) is 4.92. The van der Waals surface area contributed by atoms with Gasteiger partial charge in [0.05, 0.1) is 10.6 Å². The fourth-order valence-corrected chi connectivity index (χ4v) is 5.01. The number of halogens is 1. The van der Waals surface area contributed by atoms with Crippen molar-refractivity contribution in [1.82, 2.24) is 9.99 Å². The number of nitrogens with one attached hydrogen (secondary N) is 1. The number of amides is 1. The molecule has 2 aromatic carbocycles. The van der Waals surface area contributed by atoms with E-state index in [-0.39, 0.29) is 11.4 Å². The highest BCUT2D eigenvalue weighted by Gasteiger charge is 2.36. The molecule has 1 N–H and O–H groups in total. The zero-order chi connectivity index (χ0) is 26.6. The Morgan fingerprint density at radius 1 is 1.08 bits per heavy atom. The molecule has 0 saturated carbocycles. The smallest absolute Gasteiger partial charge is 0.283 e. The van der Waals surface area contributed by atoms with Crippen LogP contribution in [0.2, 0.25) is 5.02 Å². The number of aromatic nitrogens is 1. The Hall–Kier alpha value is -3.95. The molecule has 0 aliphatic carbocycles. The van der Waals surface area contributed by atoms with Crippen LogP contribution >= 0.6 is 23.4 Å². The third-order valence-corrected chi connectivity index (χ3v) is 7.02. The van der Waals surface area contributed by atoms with E-state index in [2.05, 4.69) is 35.0 Å². The van der Waals surface area contributed by atoms with Crippen LogP contribution in [0.15, 0.2) is 82.7 Å². The predicted octanol–water partition coefficient (Wildman–Crippen LogP) is 5.98. The van der Waals surface area contributed by atoms with Crippen LogP contribution in [0.3, 0.4) is 0 Å². The van der Waals surface area contributed by atoms with E-state index >= 15 is 0 Å². The van der Waals surface area contributed by atoms with Crippen molar-refractivity contribution < 1.29 is 14.3 Å². The van der Waals surface area contributed by atoms with Crippen molar-refractivity contribution in [3.8, 4) is 11.5 Å². The molecule has 0 fully saturated rings. The van der Waals surface area contributed by atoms with Crippen LogP contribution in [-0.4, -0.2) is 45.2 Å². The first-order valence-corrected chi connectivity index (χ1v) is 13.1. The van der Waals surface area contributed by atoms with Gasteiger partial charge >= 0.3 is 0 Å². The second-order valence-electron chi connectivity index (χ2n) is 8.75. The van der Waals surface area contributed by atoms with E-state index in [0.29, 0.717) is 45.7 Å². The van der Waals surface area contributed by atoms with Gasteiger partial charge in [-0.25, -0.2) is 0 Å². The summed E-state index contributed by atoms with van der Waals surface area (Å²) in [4.78, 5) is 21.0. The number of ether oxygens (including phenoxy) is 2. The Morgan fingerprint density at radius 2 is 1.87 bits per heavy atom. The Kier molecular flexibility index (Phi) is 7.57. The Balaban J connectivity index is 1.25. The molecule has 2 aliphatic rings. The molecule has 192 valence electrons. The van der Waals surface area contributed by atoms with Crippen molar-refractivity contribution >= 4 is 51.4 Å². The standard InChI is InChI=1S/C28H24ClN5O3S/c1-17(2)20-7-3-4-8-23(20)36-12-13-37-24-10-9-18(15-22(24)29)14-21-25(30)34-28(32-26(21)35)38-27(33-34)19-6-5-11-31-16-19/h3-11,14-17,30H,12-13H2,1-2H3. The van der Waals surface area contributed by atoms with E-state index in [4.69, 9.17) is 26.5 Å². The van der Waals surface area contributed by atoms with Gasteiger partial charge < -0.3 is 9.47 Å². The quantitative estimate of drug-likeness (QED) is 0.276. The summed E-state index contributed by atoms with van der Waals surface area (Å²) in [5.41, 5.74) is 2.69. The number of amidine groups is 2. The lowest BCUT2D eigenvalue weighted by molar-refractivity contribution is -0.114. The van der Waals surface area contributed by atoms with Gasteiger partial charge in [0.15, 0.2) is 5.84 Å². The predicted molar refractivity (Wildman–Crippen MR) is 151 cm³/mol. The Labute approximate surface area is 229 Å². The number of para-hydroxylation sites is 1. The zero-order valence-electron chi connectivity index (χ0n) is 20.7. The van der Waals surface area contributed by atoms with Crippen LogP contribution in [-0.2, 0) is 4.79 Å². The number of pyridine rings is 1. The number of benzene rings is 2. The monoisotopic (exact) mass is 545 g/mol. The Bertz CT molecular complexity index is 1490. The van der Waals surface area contributed by atoms with Crippen molar-refractivity contribution in [2.24, 2.45) is 10.1 Å². The molecule has 1 aromatic heterocycles. The average Bonchev–Trinajstić information content (AvgIpc) is 3.35. The largest absolute Gasteiger partial charge is 0.490 e. The van der Waals surface area contributed by atoms with Crippen LogP contribution < -0.4 is 9.47 Å². The van der Waals surface area contributed by atoms with Gasteiger partial charge in [0.25, 0.3) is 5.91 Å². The lowest BCUT2D eigenvalue weighted by Gasteiger charge is -2.20. The van der Waals surface area contributed by atoms with Crippen LogP contribution in [0, 0.1) is 5.41 Å². The maximum atomic E-state index is 12.7. The Morgan fingerprint density at radius 3 is 2.61 bits per heavy atom. The van der Waals surface area contributed by atoms with Crippen LogP contribution in [0.25, 0.3) is 6.08 Å². The molecule has 8 nitrogen and oxygen atoms in total. The summed E-state index contributed by atoms with van der Waals surface area (Å²) >= 11 is 7.68. The number of nitrogens with zero attached hydrogens (tertiary/aromatic N) is 4. The average molecular weight is 546 g/mol. The number of aliphatic imine (C=N–C) groups is 1. The minimum atomic E-state index is -0.508. The summed E-state index contributed by atoms with van der Waals surface area (Å²) in [6, 6.07) is 16.8. The first kappa shape index (κ1) is 25.7. The van der Waals surface area contributed by atoms with Crippen molar-refractivity contribution in [3.05, 3.63) is 94.3 Å². The first-order valence-electron chi connectivity index (χ1n) is 12.0. The molecule has 1 amide bonds. The number of hydrazone groups is 1. The van der Waals surface area contributed by atoms with Gasteiger partial charge in [-0.1, -0.05) is 49.7 Å². The molecular weight excluding hydrogens is 522 g/mol. The van der Waals surface area contributed by atoms with E-state index in [1.165, 1.54) is 16.8 Å². The summed E-state index contributed by atoms with van der Waals surface area (Å²) in [5.74, 6) is 1.14. The summed E-state index contributed by atoms with van der Waals surface area (Å²) < 4.78 is 11.7. The van der Waals surface area contributed by atoms with E-state index in [1.54, 1.807) is 42.7 Å². The fraction of sp³-hybridized carbons (Fsp3) is 0.179. The molecule has 0 saturated heterocycles. The summed E-state index contributed by atoms with van der Waals surface area (Å²) in [7, 11) is 0. The molecule has 38 heavy (non-hydrogen) atoms. The highest BCUT2D eigenvalue weighted by atomic mass is 35.5. The number of fused-ring (bicyclic) bond motifs is 1. The normalized spacial score (nSPS) is 16.0. The topological polar surface area (TPSA) is 100 Å². The third kappa shape index (κ3) is 5.49. The van der Waals surface area contributed by atoms with Crippen LogP contribution in [0.4, 0.5) is 0 Å². The van der Waals surface area contributed by atoms with E-state index in [1.807, 2.05) is 24.3 Å². The van der Waals surface area contributed by atoms with Crippen LogP contribution in [0.1, 0.15) is 36.5 Å². The fourth-order valence-electron chi connectivity index (χ4n) is 3.88. The molecule has 3 aromatic rings. The maximum Gasteiger partial charge on any atom is 0.283 e. The lowest BCUT2D eigenvalue weighted by Crippen LogP contribution is -2.35. The van der Waals surface area contributed by atoms with Gasteiger partial charge in [-0.05, 0) is 65.2 Å².